The molecule has 2 aliphatic heterocycles. The third-order valence-corrected chi connectivity index (χ3v) is 8.77. The second-order valence-corrected chi connectivity index (χ2v) is 10.6. The molecule has 4 heterocycles. The van der Waals surface area contributed by atoms with Gasteiger partial charge in [-0.1, -0.05) is 34.4 Å². The molecule has 11 nitrogen and oxygen atoms in total. The van der Waals surface area contributed by atoms with E-state index in [9.17, 15) is 24.3 Å². The number of carbonyl (C=O) groups is 3. The van der Waals surface area contributed by atoms with Gasteiger partial charge in [-0.2, -0.15) is 0 Å². The second kappa shape index (κ2) is 8.49. The highest BCUT2D eigenvalue weighted by molar-refractivity contribution is 8.01. The van der Waals surface area contributed by atoms with Gasteiger partial charge >= 0.3 is 5.97 Å². The summed E-state index contributed by atoms with van der Waals surface area (Å²) in [7, 11) is 1.68. The molecular formula is C15H14N6O5S4. The number of rotatable bonds is 7. The molecule has 2 N–H and O–H groups in total. The first-order valence-electron chi connectivity index (χ1n) is 8.47. The van der Waals surface area contributed by atoms with Crippen LogP contribution >= 0.6 is 46.2 Å². The molecule has 2 atom stereocenters. The van der Waals surface area contributed by atoms with Crippen LogP contribution in [0.25, 0.3) is 0 Å². The number of tetrazole rings is 1. The molecule has 0 spiro atoms. The molecule has 1 saturated heterocycles. The van der Waals surface area contributed by atoms with Crippen LogP contribution in [0.2, 0.25) is 0 Å². The number of amides is 2. The first-order valence-corrected chi connectivity index (χ1v) is 12.2. The summed E-state index contributed by atoms with van der Waals surface area (Å²) in [6, 6.07) is -0.788. The number of hydrogen-bond donors (Lipinski definition) is 2. The Labute approximate surface area is 185 Å². The van der Waals surface area contributed by atoms with Crippen molar-refractivity contribution in [2.75, 3.05) is 11.5 Å². The minimum absolute atomic E-state index is 0.0137. The van der Waals surface area contributed by atoms with Crippen LogP contribution in [-0.2, 0) is 27.9 Å². The first-order chi connectivity index (χ1) is 14.3. The van der Waals surface area contributed by atoms with Crippen molar-refractivity contribution >= 4 is 64.0 Å². The molecule has 0 aliphatic carbocycles. The lowest BCUT2D eigenvalue weighted by Gasteiger charge is -2.49. The summed E-state index contributed by atoms with van der Waals surface area (Å²) < 4.78 is 1.39. The van der Waals surface area contributed by atoms with Crippen molar-refractivity contribution in [1.82, 2.24) is 30.4 Å². The normalized spacial score (nSPS) is 20.7. The van der Waals surface area contributed by atoms with E-state index < -0.39 is 23.3 Å². The number of carboxylic acids is 1. The average Bonchev–Trinajstić information content (AvgIpc) is 3.31. The van der Waals surface area contributed by atoms with E-state index in [4.69, 9.17) is 0 Å². The van der Waals surface area contributed by atoms with E-state index in [-0.39, 0.29) is 22.1 Å². The van der Waals surface area contributed by atoms with Crippen molar-refractivity contribution in [3.63, 3.8) is 0 Å². The van der Waals surface area contributed by atoms with Crippen LogP contribution < -0.4 is 9.37 Å². The molecule has 2 aromatic heterocycles. The molecule has 0 aromatic carbocycles. The van der Waals surface area contributed by atoms with E-state index in [1.165, 1.54) is 33.1 Å². The van der Waals surface area contributed by atoms with Crippen LogP contribution in [0.5, 0.6) is 0 Å². The number of carbonyl (C=O) groups excluding carboxylic acids is 2. The van der Waals surface area contributed by atoms with Gasteiger partial charge in [-0.15, -0.1) is 16.9 Å². The Balaban J connectivity index is 1.44. The SMILES string of the molecule is Cn1nnnc1SCC1=C(C(=O)O)N2C(=O)C(NC(=O)Cc3csc(=O)s3)C2SC1. The summed E-state index contributed by atoms with van der Waals surface area (Å²) in [4.78, 5) is 49.9. The lowest BCUT2D eigenvalue weighted by Crippen LogP contribution is -2.70. The summed E-state index contributed by atoms with van der Waals surface area (Å²) in [5.74, 6) is -1.28. The van der Waals surface area contributed by atoms with Gasteiger partial charge in [0, 0.05) is 28.8 Å². The van der Waals surface area contributed by atoms with Crippen LogP contribution in [0, 0.1) is 0 Å². The van der Waals surface area contributed by atoms with E-state index in [0.717, 1.165) is 22.7 Å². The number of aliphatic carboxylic acids is 1. The van der Waals surface area contributed by atoms with Crippen LogP contribution in [0.4, 0.5) is 0 Å². The van der Waals surface area contributed by atoms with Crippen molar-refractivity contribution in [1.29, 1.82) is 0 Å². The predicted octanol–water partition coefficient (Wildman–Crippen LogP) is -0.233. The van der Waals surface area contributed by atoms with Crippen LogP contribution in [-0.4, -0.2) is 70.9 Å². The molecule has 2 aromatic rings. The molecule has 0 saturated carbocycles. The van der Waals surface area contributed by atoms with E-state index in [2.05, 4.69) is 20.8 Å². The number of aromatic nitrogens is 4. The molecule has 158 valence electrons. The number of nitrogens with zero attached hydrogens (tertiary/aromatic N) is 5. The largest absolute Gasteiger partial charge is 0.477 e. The van der Waals surface area contributed by atoms with Crippen LogP contribution in [0.15, 0.2) is 26.6 Å². The monoisotopic (exact) mass is 486 g/mol. The van der Waals surface area contributed by atoms with Crippen molar-refractivity contribution in [3.8, 4) is 0 Å². The fourth-order valence-electron chi connectivity index (χ4n) is 3.02. The molecule has 2 aliphatic rings. The summed E-state index contributed by atoms with van der Waals surface area (Å²) in [6.45, 7) is 0. The Bertz CT molecular complexity index is 1110. The third kappa shape index (κ3) is 4.01. The van der Waals surface area contributed by atoms with Crippen molar-refractivity contribution in [3.05, 3.63) is 30.4 Å². The van der Waals surface area contributed by atoms with Gasteiger partial charge in [0.05, 0.1) is 6.42 Å². The van der Waals surface area contributed by atoms with Gasteiger partial charge in [-0.3, -0.25) is 19.3 Å². The number of fused-ring (bicyclic) bond motifs is 1. The molecule has 0 bridgehead atoms. The van der Waals surface area contributed by atoms with Gasteiger partial charge in [-0.05, 0) is 16.0 Å². The quantitative estimate of drug-likeness (QED) is 0.397. The summed E-state index contributed by atoms with van der Waals surface area (Å²) >= 11 is 4.71. The lowest BCUT2D eigenvalue weighted by molar-refractivity contribution is -0.150. The minimum Gasteiger partial charge on any atom is -0.477 e. The minimum atomic E-state index is -1.19. The number of hydrogen-bond acceptors (Lipinski definition) is 11. The topological polar surface area (TPSA) is 147 Å². The highest BCUT2D eigenvalue weighted by atomic mass is 32.2. The van der Waals surface area contributed by atoms with Crippen LogP contribution in [0.3, 0.4) is 0 Å². The van der Waals surface area contributed by atoms with Gasteiger partial charge in [0.15, 0.2) is 0 Å². The van der Waals surface area contributed by atoms with Crippen molar-refractivity contribution in [2.24, 2.45) is 7.05 Å². The van der Waals surface area contributed by atoms with Gasteiger partial charge in [-0.25, -0.2) is 9.48 Å². The molecule has 2 unspecified atom stereocenters. The van der Waals surface area contributed by atoms with Crippen molar-refractivity contribution < 1.29 is 19.5 Å². The number of β-lactam (4-membered cyclic amide) rings is 1. The number of carboxylic acid groups (broad SMARTS) is 1. The fraction of sp³-hybridized carbons (Fsp3) is 0.400. The highest BCUT2D eigenvalue weighted by Gasteiger charge is 2.54. The lowest BCUT2D eigenvalue weighted by atomic mass is 10.0. The van der Waals surface area contributed by atoms with Gasteiger partial charge in [0.1, 0.15) is 17.1 Å². The summed E-state index contributed by atoms with van der Waals surface area (Å²) in [5, 5.41) is 25.2. The zero-order valence-corrected chi connectivity index (χ0v) is 18.6. The van der Waals surface area contributed by atoms with Gasteiger partial charge < -0.3 is 10.4 Å². The highest BCUT2D eigenvalue weighted by Crippen LogP contribution is 2.41. The molecular weight excluding hydrogens is 472 g/mol. The number of aryl methyl sites for hydroxylation is 1. The molecule has 15 heteroatoms. The Morgan fingerprint density at radius 1 is 1.40 bits per heavy atom. The second-order valence-electron chi connectivity index (χ2n) is 6.32. The van der Waals surface area contributed by atoms with Gasteiger partial charge in [0.2, 0.25) is 11.1 Å². The molecule has 1 fully saturated rings. The van der Waals surface area contributed by atoms with E-state index in [1.807, 2.05) is 0 Å². The van der Waals surface area contributed by atoms with Crippen molar-refractivity contribution in [2.45, 2.75) is 23.0 Å². The number of thioether (sulfide) groups is 2. The fourth-order valence-corrected chi connectivity index (χ4v) is 7.08. The maximum absolute atomic E-state index is 12.6. The maximum atomic E-state index is 12.6. The Morgan fingerprint density at radius 2 is 2.20 bits per heavy atom. The molecule has 30 heavy (non-hydrogen) atoms. The van der Waals surface area contributed by atoms with E-state index in [0.29, 0.717) is 27.1 Å². The molecule has 2 amide bonds. The number of nitrogens with one attached hydrogen (secondary N) is 1. The summed E-state index contributed by atoms with van der Waals surface area (Å²) in [6.07, 6.45) is 0.0137. The average molecular weight is 487 g/mol. The molecule has 0 radical (unpaired) electrons. The smallest absolute Gasteiger partial charge is 0.352 e. The predicted molar refractivity (Wildman–Crippen MR) is 111 cm³/mol. The Morgan fingerprint density at radius 3 is 2.83 bits per heavy atom. The van der Waals surface area contributed by atoms with Crippen LogP contribution in [0.1, 0.15) is 4.88 Å². The molecule has 4 rings (SSSR count). The standard InChI is InChI=1S/C15H14N6O5S4/c1-20-14(17-18-19-20)28-4-6-3-27-12-9(11(23)21(12)10(6)13(24)25)16-8(22)2-7-5-29-15(26)30-7/h5,9,12H,2-4H2,1H3,(H,16,22)(H,24,25). The van der Waals surface area contributed by atoms with E-state index in [1.54, 1.807) is 12.4 Å². The Kier molecular flexibility index (Phi) is 5.95. The Hall–Kier alpha value is -2.23. The zero-order valence-electron chi connectivity index (χ0n) is 15.3. The summed E-state index contributed by atoms with van der Waals surface area (Å²) in [5.41, 5.74) is 0.547. The third-order valence-electron chi connectivity index (χ3n) is 4.36. The maximum Gasteiger partial charge on any atom is 0.352 e. The van der Waals surface area contributed by atoms with E-state index >= 15 is 0 Å². The van der Waals surface area contributed by atoms with Gasteiger partial charge in [0.25, 0.3) is 9.96 Å². The zero-order chi connectivity index (χ0) is 21.4. The first kappa shape index (κ1) is 21.0.